The Morgan fingerprint density at radius 1 is 1.41 bits per heavy atom. The van der Waals surface area contributed by atoms with E-state index in [9.17, 15) is 0 Å². The zero-order valence-electron chi connectivity index (χ0n) is 10.3. The molecule has 0 saturated heterocycles. The number of rotatable bonds is 6. The molecule has 0 saturated carbocycles. The van der Waals surface area contributed by atoms with Crippen molar-refractivity contribution in [3.05, 3.63) is 35.7 Å². The maximum atomic E-state index is 5.03. The molecule has 0 amide bonds. The number of hydrogen-bond donors (Lipinski definition) is 1. The van der Waals surface area contributed by atoms with E-state index in [1.165, 1.54) is 5.69 Å². The highest BCUT2D eigenvalue weighted by Crippen LogP contribution is 2.04. The fourth-order valence-electron chi connectivity index (χ4n) is 1.78. The molecule has 0 unspecified atom stereocenters. The zero-order valence-corrected chi connectivity index (χ0v) is 10.3. The molecular weight excluding hydrogens is 216 g/mol. The summed E-state index contributed by atoms with van der Waals surface area (Å²) in [7, 11) is 0. The average molecular weight is 234 g/mol. The van der Waals surface area contributed by atoms with Crippen LogP contribution < -0.4 is 5.32 Å². The molecule has 0 aromatic carbocycles. The van der Waals surface area contributed by atoms with Crippen LogP contribution in [-0.2, 0) is 19.6 Å². The summed E-state index contributed by atoms with van der Waals surface area (Å²) in [6.07, 6.45) is 3.25. The van der Waals surface area contributed by atoms with Gasteiger partial charge in [-0.05, 0) is 25.5 Å². The van der Waals surface area contributed by atoms with Crippen LogP contribution in [0.2, 0.25) is 0 Å². The van der Waals surface area contributed by atoms with E-state index in [4.69, 9.17) is 4.52 Å². The molecule has 2 rings (SSSR count). The monoisotopic (exact) mass is 234 g/mol. The first-order chi connectivity index (χ1) is 8.29. The summed E-state index contributed by atoms with van der Waals surface area (Å²) in [5.41, 5.74) is 1.28. The Kier molecular flexibility index (Phi) is 3.93. The Hall–Kier alpha value is -1.62. The summed E-state index contributed by atoms with van der Waals surface area (Å²) in [4.78, 5) is 4.14. The summed E-state index contributed by atoms with van der Waals surface area (Å²) in [6, 6.07) is 4.20. The van der Waals surface area contributed by atoms with Crippen molar-refractivity contribution in [2.75, 3.05) is 0 Å². The molecule has 0 aliphatic heterocycles. The fourth-order valence-corrected chi connectivity index (χ4v) is 1.78. The maximum absolute atomic E-state index is 5.03. The van der Waals surface area contributed by atoms with E-state index in [0.29, 0.717) is 18.3 Å². The second-order valence-electron chi connectivity index (χ2n) is 4.03. The van der Waals surface area contributed by atoms with Gasteiger partial charge in [0.1, 0.15) is 0 Å². The first-order valence-electron chi connectivity index (χ1n) is 5.93. The van der Waals surface area contributed by atoms with Gasteiger partial charge in [0.15, 0.2) is 5.82 Å². The van der Waals surface area contributed by atoms with E-state index >= 15 is 0 Å². The van der Waals surface area contributed by atoms with Crippen molar-refractivity contribution in [2.24, 2.45) is 0 Å². The van der Waals surface area contributed by atoms with Crippen molar-refractivity contribution in [2.45, 2.75) is 39.9 Å². The van der Waals surface area contributed by atoms with Crippen LogP contribution in [-0.4, -0.2) is 14.7 Å². The molecule has 5 nitrogen and oxygen atoms in total. The van der Waals surface area contributed by atoms with Gasteiger partial charge in [0.25, 0.3) is 0 Å². The van der Waals surface area contributed by atoms with Gasteiger partial charge in [-0.25, -0.2) is 0 Å². The van der Waals surface area contributed by atoms with Crippen molar-refractivity contribution in [3.8, 4) is 0 Å². The molecule has 5 heteroatoms. The third kappa shape index (κ3) is 3.17. The van der Waals surface area contributed by atoms with Crippen molar-refractivity contribution in [3.63, 3.8) is 0 Å². The Balaban J connectivity index is 1.83. The van der Waals surface area contributed by atoms with Crippen LogP contribution in [0.5, 0.6) is 0 Å². The summed E-state index contributed by atoms with van der Waals surface area (Å²) in [5.74, 6) is 1.31. The topological polar surface area (TPSA) is 55.9 Å². The summed E-state index contributed by atoms with van der Waals surface area (Å²) in [5, 5.41) is 7.05. The van der Waals surface area contributed by atoms with E-state index in [-0.39, 0.29) is 0 Å². The highest BCUT2D eigenvalue weighted by Gasteiger charge is 2.03. The lowest BCUT2D eigenvalue weighted by Crippen LogP contribution is -2.16. The summed E-state index contributed by atoms with van der Waals surface area (Å²) < 4.78 is 7.29. The third-order valence-corrected chi connectivity index (χ3v) is 2.54. The smallest absolute Gasteiger partial charge is 0.240 e. The van der Waals surface area contributed by atoms with Gasteiger partial charge in [0.05, 0.1) is 6.54 Å². The van der Waals surface area contributed by atoms with Gasteiger partial charge in [-0.1, -0.05) is 12.1 Å². The summed E-state index contributed by atoms with van der Waals surface area (Å²) in [6.45, 7) is 6.48. The molecular formula is C12H18N4O. The number of nitrogens with zero attached hydrogens (tertiary/aromatic N) is 3. The van der Waals surface area contributed by atoms with Gasteiger partial charge < -0.3 is 14.4 Å². The number of nitrogens with one attached hydrogen (secondary N) is 1. The van der Waals surface area contributed by atoms with Crippen LogP contribution in [0.15, 0.2) is 22.9 Å². The molecule has 2 heterocycles. The van der Waals surface area contributed by atoms with Crippen LogP contribution in [0.4, 0.5) is 0 Å². The standard InChI is InChI=1S/C12H18N4O/c1-3-6-16-7-4-5-11(16)8-13-9-12-14-10(2)15-17-12/h4-5,7,13H,3,6,8-9H2,1-2H3. The van der Waals surface area contributed by atoms with E-state index in [1.54, 1.807) is 0 Å². The van der Waals surface area contributed by atoms with Gasteiger partial charge in [-0.15, -0.1) is 0 Å². The van der Waals surface area contributed by atoms with E-state index < -0.39 is 0 Å². The lowest BCUT2D eigenvalue weighted by molar-refractivity contribution is 0.363. The van der Waals surface area contributed by atoms with Gasteiger partial charge >= 0.3 is 0 Å². The predicted molar refractivity (Wildman–Crippen MR) is 64.3 cm³/mol. The maximum Gasteiger partial charge on any atom is 0.240 e. The Labute approximate surface area is 101 Å². The fraction of sp³-hybridized carbons (Fsp3) is 0.500. The van der Waals surface area contributed by atoms with Crippen molar-refractivity contribution < 1.29 is 4.52 Å². The van der Waals surface area contributed by atoms with Crippen molar-refractivity contribution in [1.29, 1.82) is 0 Å². The molecule has 0 radical (unpaired) electrons. The molecule has 0 spiro atoms. The molecule has 1 N–H and O–H groups in total. The van der Waals surface area contributed by atoms with Gasteiger partial charge in [0.2, 0.25) is 5.89 Å². The second kappa shape index (κ2) is 5.63. The molecule has 0 bridgehead atoms. The van der Waals surface area contributed by atoms with Crippen molar-refractivity contribution in [1.82, 2.24) is 20.0 Å². The SMILES string of the molecule is CCCn1cccc1CNCc1nc(C)no1. The van der Waals surface area contributed by atoms with Crippen LogP contribution in [0, 0.1) is 6.92 Å². The number of aromatic nitrogens is 3. The van der Waals surface area contributed by atoms with Crippen molar-refractivity contribution >= 4 is 0 Å². The first kappa shape index (κ1) is 11.9. The molecule has 0 aliphatic rings. The first-order valence-corrected chi connectivity index (χ1v) is 5.93. The van der Waals surface area contributed by atoms with Gasteiger partial charge in [0, 0.05) is 25.0 Å². The number of aryl methyl sites for hydroxylation is 2. The van der Waals surface area contributed by atoms with Crippen LogP contribution in [0.1, 0.15) is 30.8 Å². The Bertz CT molecular complexity index is 461. The van der Waals surface area contributed by atoms with Crippen LogP contribution in [0.3, 0.4) is 0 Å². The quantitative estimate of drug-likeness (QED) is 0.829. The predicted octanol–water partition coefficient (Wildman–Crippen LogP) is 1.88. The summed E-state index contributed by atoms with van der Waals surface area (Å²) >= 11 is 0. The Morgan fingerprint density at radius 2 is 2.29 bits per heavy atom. The molecule has 92 valence electrons. The minimum atomic E-state index is 0.609. The normalized spacial score (nSPS) is 10.9. The molecule has 0 fully saturated rings. The highest BCUT2D eigenvalue weighted by molar-refractivity contribution is 5.06. The third-order valence-electron chi connectivity index (χ3n) is 2.54. The lowest BCUT2D eigenvalue weighted by Gasteiger charge is -2.07. The van der Waals surface area contributed by atoms with E-state index in [0.717, 1.165) is 19.5 Å². The molecule has 0 aliphatic carbocycles. The second-order valence-corrected chi connectivity index (χ2v) is 4.03. The minimum absolute atomic E-state index is 0.609. The van der Waals surface area contributed by atoms with Crippen LogP contribution >= 0.6 is 0 Å². The van der Waals surface area contributed by atoms with Gasteiger partial charge in [-0.3, -0.25) is 0 Å². The van der Waals surface area contributed by atoms with E-state index in [2.05, 4.69) is 45.3 Å². The minimum Gasteiger partial charge on any atom is -0.350 e. The Morgan fingerprint density at radius 3 is 3.00 bits per heavy atom. The highest BCUT2D eigenvalue weighted by atomic mass is 16.5. The molecule has 2 aromatic rings. The average Bonchev–Trinajstić information content (AvgIpc) is 2.90. The van der Waals surface area contributed by atoms with E-state index in [1.807, 2.05) is 6.92 Å². The molecule has 2 aromatic heterocycles. The van der Waals surface area contributed by atoms with Crippen LogP contribution in [0.25, 0.3) is 0 Å². The number of hydrogen-bond acceptors (Lipinski definition) is 4. The molecule has 17 heavy (non-hydrogen) atoms. The zero-order chi connectivity index (χ0) is 12.1. The van der Waals surface area contributed by atoms with Gasteiger partial charge in [-0.2, -0.15) is 4.98 Å². The lowest BCUT2D eigenvalue weighted by atomic mass is 10.4. The molecule has 0 atom stereocenters. The largest absolute Gasteiger partial charge is 0.350 e.